The molecule has 1 amide bonds. The summed E-state index contributed by atoms with van der Waals surface area (Å²) in [6, 6.07) is 9.89. The fourth-order valence-corrected chi connectivity index (χ4v) is 3.51. The summed E-state index contributed by atoms with van der Waals surface area (Å²) < 4.78 is 34.6. The molecule has 0 radical (unpaired) electrons. The van der Waals surface area contributed by atoms with E-state index in [0.717, 1.165) is 0 Å². The number of morpholine rings is 1. The van der Waals surface area contributed by atoms with Crippen LogP contribution in [0.3, 0.4) is 0 Å². The number of pyridine rings is 1. The molecule has 0 atom stereocenters. The van der Waals surface area contributed by atoms with Crippen LogP contribution in [0.25, 0.3) is 27.8 Å². The molecule has 1 fully saturated rings. The van der Waals surface area contributed by atoms with Gasteiger partial charge in [0, 0.05) is 23.5 Å². The average molecular weight is 423 g/mol. The Morgan fingerprint density at radius 3 is 2.74 bits per heavy atom. The van der Waals surface area contributed by atoms with E-state index in [1.54, 1.807) is 6.07 Å². The number of nitrogens with one attached hydrogen (secondary N) is 1. The maximum Gasteiger partial charge on any atom is 0.258 e. The third kappa shape index (κ3) is 3.46. The molecule has 1 saturated heterocycles. The van der Waals surface area contributed by atoms with Crippen molar-refractivity contribution in [3.63, 3.8) is 0 Å². The van der Waals surface area contributed by atoms with E-state index in [9.17, 15) is 18.4 Å². The molecule has 31 heavy (non-hydrogen) atoms. The van der Waals surface area contributed by atoms with Gasteiger partial charge in [0.25, 0.3) is 11.5 Å². The number of nitrogens with zero attached hydrogens (tertiary/aromatic N) is 4. The maximum atomic E-state index is 14.7. The van der Waals surface area contributed by atoms with Crippen molar-refractivity contribution in [1.82, 2.24) is 20.0 Å². The number of aromatic amines is 1. The molecule has 5 rings (SSSR count). The van der Waals surface area contributed by atoms with Crippen molar-refractivity contribution in [2.75, 3.05) is 24.7 Å². The number of aromatic nitrogens is 4. The first-order valence-electron chi connectivity index (χ1n) is 9.43. The molecule has 156 valence electrons. The van der Waals surface area contributed by atoms with Crippen molar-refractivity contribution in [2.45, 2.75) is 0 Å². The van der Waals surface area contributed by atoms with Crippen molar-refractivity contribution in [3.05, 3.63) is 70.6 Å². The largest absolute Gasteiger partial charge is 0.370 e. The number of H-pyrrole nitrogens is 1. The summed E-state index contributed by atoms with van der Waals surface area (Å²) in [5, 5.41) is 8.48. The molecular weight excluding hydrogens is 408 g/mol. The predicted octanol–water partition coefficient (Wildman–Crippen LogP) is 2.42. The second-order valence-corrected chi connectivity index (χ2v) is 7.03. The zero-order valence-electron chi connectivity index (χ0n) is 16.0. The molecule has 4 aromatic rings. The van der Waals surface area contributed by atoms with E-state index >= 15 is 0 Å². The molecule has 0 unspecified atom stereocenters. The summed E-state index contributed by atoms with van der Waals surface area (Å²) >= 11 is 0. The lowest BCUT2D eigenvalue weighted by molar-refractivity contribution is -0.125. The van der Waals surface area contributed by atoms with Crippen molar-refractivity contribution in [3.8, 4) is 16.9 Å². The standard InChI is InChI=1S/C21H15F2N5O3/c22-13-1-3-17-12(7-13)8-15(21(30)24-17)18-10-28(26-25-18)14-2-4-19(16(23)9-14)27-5-6-31-11-20(27)29/h1-4,7-10H,5-6,11H2,(H,24,30). The molecule has 2 aromatic carbocycles. The molecule has 10 heteroatoms. The number of carbonyl (C=O) groups excluding carboxylic acids is 1. The monoisotopic (exact) mass is 423 g/mol. The van der Waals surface area contributed by atoms with Crippen LogP contribution in [-0.2, 0) is 9.53 Å². The Bertz CT molecular complexity index is 1380. The van der Waals surface area contributed by atoms with Crippen LogP contribution in [0, 0.1) is 11.6 Å². The molecule has 8 nitrogen and oxygen atoms in total. The highest BCUT2D eigenvalue weighted by atomic mass is 19.1. The maximum absolute atomic E-state index is 14.7. The molecule has 0 spiro atoms. The Kier molecular flexibility index (Phi) is 4.55. The molecule has 3 heterocycles. The topological polar surface area (TPSA) is 93.1 Å². The number of anilines is 1. The second kappa shape index (κ2) is 7.40. The first-order chi connectivity index (χ1) is 15.0. The number of amides is 1. The zero-order valence-corrected chi connectivity index (χ0v) is 16.0. The normalized spacial score (nSPS) is 14.4. The summed E-state index contributed by atoms with van der Waals surface area (Å²) in [5.74, 6) is -1.33. The first-order valence-corrected chi connectivity index (χ1v) is 9.43. The zero-order chi connectivity index (χ0) is 21.5. The lowest BCUT2D eigenvalue weighted by Gasteiger charge is -2.27. The molecule has 1 aliphatic rings. The highest BCUT2D eigenvalue weighted by Gasteiger charge is 2.23. The van der Waals surface area contributed by atoms with Crippen LogP contribution >= 0.6 is 0 Å². The highest BCUT2D eigenvalue weighted by molar-refractivity contribution is 5.95. The Balaban J connectivity index is 1.49. The van der Waals surface area contributed by atoms with Gasteiger partial charge in [-0.25, -0.2) is 13.5 Å². The third-order valence-electron chi connectivity index (χ3n) is 5.05. The smallest absolute Gasteiger partial charge is 0.258 e. The number of hydrogen-bond donors (Lipinski definition) is 1. The molecule has 0 saturated carbocycles. The number of benzene rings is 2. The lowest BCUT2D eigenvalue weighted by atomic mass is 10.1. The van der Waals surface area contributed by atoms with Crippen LogP contribution in [0.5, 0.6) is 0 Å². The van der Waals surface area contributed by atoms with Gasteiger partial charge >= 0.3 is 0 Å². The lowest BCUT2D eigenvalue weighted by Crippen LogP contribution is -2.42. The van der Waals surface area contributed by atoms with Crippen LogP contribution in [0.2, 0.25) is 0 Å². The van der Waals surface area contributed by atoms with Crippen LogP contribution in [0.4, 0.5) is 14.5 Å². The minimum absolute atomic E-state index is 0.0855. The van der Waals surface area contributed by atoms with E-state index < -0.39 is 17.2 Å². The van der Waals surface area contributed by atoms with Gasteiger partial charge in [-0.2, -0.15) is 0 Å². The number of rotatable bonds is 3. The molecule has 2 aromatic heterocycles. The summed E-state index contributed by atoms with van der Waals surface area (Å²) in [6.45, 7) is 0.523. The Morgan fingerprint density at radius 2 is 1.94 bits per heavy atom. The number of fused-ring (bicyclic) bond motifs is 1. The van der Waals surface area contributed by atoms with Crippen molar-refractivity contribution < 1.29 is 18.3 Å². The second-order valence-electron chi connectivity index (χ2n) is 7.03. The van der Waals surface area contributed by atoms with Gasteiger partial charge < -0.3 is 14.6 Å². The number of carbonyl (C=O) groups is 1. The SMILES string of the molecule is O=C1COCCN1c1ccc(-n2cc(-c3cc4cc(F)ccc4[nH]c3=O)nn2)cc1F. The van der Waals surface area contributed by atoms with Gasteiger partial charge in [0.1, 0.15) is 23.9 Å². The van der Waals surface area contributed by atoms with Crippen molar-refractivity contribution >= 4 is 22.5 Å². The molecule has 1 N–H and O–H groups in total. The van der Waals surface area contributed by atoms with Crippen molar-refractivity contribution in [2.24, 2.45) is 0 Å². The summed E-state index contributed by atoms with van der Waals surface area (Å²) in [4.78, 5) is 28.4. The van der Waals surface area contributed by atoms with Gasteiger partial charge in [-0.3, -0.25) is 9.59 Å². The van der Waals surface area contributed by atoms with Crippen LogP contribution < -0.4 is 10.5 Å². The van der Waals surface area contributed by atoms with Gasteiger partial charge in [-0.1, -0.05) is 5.21 Å². The molecular formula is C21H15F2N5O3. The Morgan fingerprint density at radius 1 is 1.06 bits per heavy atom. The number of halogens is 2. The average Bonchev–Trinajstić information content (AvgIpc) is 3.24. The van der Waals surface area contributed by atoms with Gasteiger partial charge in [0.15, 0.2) is 0 Å². The van der Waals surface area contributed by atoms with Crippen LogP contribution in [-0.4, -0.2) is 45.6 Å². The summed E-state index contributed by atoms with van der Waals surface area (Å²) in [5.41, 5.74) is 1.08. The van der Waals surface area contributed by atoms with E-state index in [2.05, 4.69) is 15.3 Å². The van der Waals surface area contributed by atoms with Gasteiger partial charge in [0.05, 0.1) is 29.7 Å². The van der Waals surface area contributed by atoms with Crippen LogP contribution in [0.1, 0.15) is 0 Å². The predicted molar refractivity (Wildman–Crippen MR) is 108 cm³/mol. The number of hydrogen-bond acceptors (Lipinski definition) is 5. The van der Waals surface area contributed by atoms with Crippen LogP contribution in [0.15, 0.2) is 53.5 Å². The van der Waals surface area contributed by atoms with E-state index in [0.29, 0.717) is 23.2 Å². The third-order valence-corrected chi connectivity index (χ3v) is 5.05. The van der Waals surface area contributed by atoms with Gasteiger partial charge in [0.2, 0.25) is 0 Å². The fourth-order valence-electron chi connectivity index (χ4n) is 3.51. The molecule has 0 bridgehead atoms. The van der Waals surface area contributed by atoms with E-state index in [4.69, 9.17) is 4.74 Å². The first kappa shape index (κ1) is 19.1. The Hall–Kier alpha value is -3.92. The summed E-state index contributed by atoms with van der Waals surface area (Å²) in [6.07, 6.45) is 1.48. The summed E-state index contributed by atoms with van der Waals surface area (Å²) in [7, 11) is 0. The highest BCUT2D eigenvalue weighted by Crippen LogP contribution is 2.25. The fraction of sp³-hybridized carbons (Fsp3) is 0.143. The van der Waals surface area contributed by atoms with Crippen molar-refractivity contribution in [1.29, 1.82) is 0 Å². The quantitative estimate of drug-likeness (QED) is 0.546. The van der Waals surface area contributed by atoms with E-state index in [-0.39, 0.29) is 36.0 Å². The van der Waals surface area contributed by atoms with E-state index in [1.807, 2.05) is 0 Å². The number of ether oxygens (including phenoxy) is 1. The van der Waals surface area contributed by atoms with E-state index in [1.165, 1.54) is 52.2 Å². The minimum Gasteiger partial charge on any atom is -0.370 e. The van der Waals surface area contributed by atoms with Gasteiger partial charge in [-0.15, -0.1) is 5.10 Å². The molecule has 1 aliphatic heterocycles. The Labute approximate surface area is 173 Å². The van der Waals surface area contributed by atoms with Gasteiger partial charge in [-0.05, 0) is 36.4 Å². The molecule has 0 aliphatic carbocycles. The minimum atomic E-state index is -0.594.